The molecular formula is C27H32O5. The SMILES string of the molecule is CCCCCOc1ccc(/C=C/C(=O)Oc2ccc(C(=O)OC3CCCCC3)cc2)cc1. The van der Waals surface area contributed by atoms with Crippen molar-refractivity contribution in [2.75, 3.05) is 6.61 Å². The monoisotopic (exact) mass is 436 g/mol. The smallest absolute Gasteiger partial charge is 0.338 e. The average molecular weight is 437 g/mol. The molecule has 0 amide bonds. The molecule has 0 atom stereocenters. The van der Waals surface area contributed by atoms with E-state index in [0.717, 1.165) is 49.8 Å². The fourth-order valence-corrected chi connectivity index (χ4v) is 3.59. The summed E-state index contributed by atoms with van der Waals surface area (Å²) in [5, 5.41) is 0. The van der Waals surface area contributed by atoms with Crippen LogP contribution in [0.25, 0.3) is 6.08 Å². The molecule has 0 N–H and O–H groups in total. The summed E-state index contributed by atoms with van der Waals surface area (Å²) in [4.78, 5) is 24.4. The van der Waals surface area contributed by atoms with E-state index in [2.05, 4.69) is 6.92 Å². The summed E-state index contributed by atoms with van der Waals surface area (Å²) in [6, 6.07) is 14.0. The Hall–Kier alpha value is -3.08. The highest BCUT2D eigenvalue weighted by molar-refractivity contribution is 5.90. The molecule has 170 valence electrons. The van der Waals surface area contributed by atoms with Gasteiger partial charge in [-0.2, -0.15) is 0 Å². The lowest BCUT2D eigenvalue weighted by atomic mass is 9.98. The molecule has 3 rings (SSSR count). The predicted molar refractivity (Wildman–Crippen MR) is 125 cm³/mol. The van der Waals surface area contributed by atoms with Crippen LogP contribution >= 0.6 is 0 Å². The Morgan fingerprint density at radius 1 is 0.906 bits per heavy atom. The average Bonchev–Trinajstić information content (AvgIpc) is 2.82. The maximum absolute atomic E-state index is 12.3. The maximum atomic E-state index is 12.3. The van der Waals surface area contributed by atoms with E-state index in [1.807, 2.05) is 24.3 Å². The van der Waals surface area contributed by atoms with Gasteiger partial charge in [-0.3, -0.25) is 0 Å². The molecule has 0 radical (unpaired) electrons. The Balaban J connectivity index is 1.45. The van der Waals surface area contributed by atoms with Gasteiger partial charge in [-0.25, -0.2) is 9.59 Å². The fraction of sp³-hybridized carbons (Fsp3) is 0.407. The number of unbranched alkanes of at least 4 members (excludes halogenated alkanes) is 2. The molecule has 5 nitrogen and oxygen atoms in total. The first-order chi connectivity index (χ1) is 15.6. The first-order valence-corrected chi connectivity index (χ1v) is 11.6. The van der Waals surface area contributed by atoms with Gasteiger partial charge in [0.15, 0.2) is 0 Å². The molecular weight excluding hydrogens is 404 g/mol. The molecule has 0 unspecified atom stereocenters. The van der Waals surface area contributed by atoms with Crippen LogP contribution in [0.15, 0.2) is 54.6 Å². The van der Waals surface area contributed by atoms with Crippen molar-refractivity contribution in [1.29, 1.82) is 0 Å². The Morgan fingerprint density at radius 2 is 1.59 bits per heavy atom. The molecule has 2 aromatic carbocycles. The van der Waals surface area contributed by atoms with E-state index in [4.69, 9.17) is 14.2 Å². The number of rotatable bonds is 10. The number of ether oxygens (including phenoxy) is 3. The van der Waals surface area contributed by atoms with Crippen molar-refractivity contribution in [3.8, 4) is 11.5 Å². The first-order valence-electron chi connectivity index (χ1n) is 11.6. The molecule has 0 spiro atoms. The quantitative estimate of drug-likeness (QED) is 0.188. The number of carbonyl (C=O) groups is 2. The Labute approximate surface area is 190 Å². The largest absolute Gasteiger partial charge is 0.494 e. The highest BCUT2D eigenvalue weighted by atomic mass is 16.5. The Morgan fingerprint density at radius 3 is 2.28 bits per heavy atom. The van der Waals surface area contributed by atoms with Crippen LogP contribution in [-0.4, -0.2) is 24.6 Å². The van der Waals surface area contributed by atoms with E-state index in [1.165, 1.54) is 18.9 Å². The molecule has 1 fully saturated rings. The summed E-state index contributed by atoms with van der Waals surface area (Å²) in [5.74, 6) is 0.391. The van der Waals surface area contributed by atoms with Crippen LogP contribution in [0, 0.1) is 0 Å². The summed E-state index contributed by atoms with van der Waals surface area (Å²) in [6.45, 7) is 2.88. The van der Waals surface area contributed by atoms with Gasteiger partial charge >= 0.3 is 11.9 Å². The van der Waals surface area contributed by atoms with E-state index in [1.54, 1.807) is 30.3 Å². The van der Waals surface area contributed by atoms with Gasteiger partial charge in [0.05, 0.1) is 12.2 Å². The normalized spacial score (nSPS) is 14.3. The molecule has 0 bridgehead atoms. The third-order valence-corrected chi connectivity index (χ3v) is 5.44. The highest BCUT2D eigenvalue weighted by Crippen LogP contribution is 2.22. The van der Waals surface area contributed by atoms with Gasteiger partial charge in [0.2, 0.25) is 0 Å². The molecule has 5 heteroatoms. The van der Waals surface area contributed by atoms with E-state index >= 15 is 0 Å². The second-order valence-corrected chi connectivity index (χ2v) is 8.07. The zero-order valence-corrected chi connectivity index (χ0v) is 18.8. The highest BCUT2D eigenvalue weighted by Gasteiger charge is 2.18. The van der Waals surface area contributed by atoms with Crippen LogP contribution < -0.4 is 9.47 Å². The number of esters is 2. The molecule has 2 aromatic rings. The van der Waals surface area contributed by atoms with Gasteiger partial charge in [0, 0.05) is 6.08 Å². The molecule has 1 saturated carbocycles. The molecule has 0 saturated heterocycles. The molecule has 0 aliphatic heterocycles. The lowest BCUT2D eigenvalue weighted by molar-refractivity contribution is -0.128. The Bertz CT molecular complexity index is 877. The van der Waals surface area contributed by atoms with Crippen LogP contribution in [0.4, 0.5) is 0 Å². The number of benzene rings is 2. The second kappa shape index (κ2) is 12.7. The van der Waals surface area contributed by atoms with E-state index < -0.39 is 5.97 Å². The summed E-state index contributed by atoms with van der Waals surface area (Å²) in [7, 11) is 0. The number of hydrogen-bond acceptors (Lipinski definition) is 5. The molecule has 1 aliphatic rings. The summed E-state index contributed by atoms with van der Waals surface area (Å²) in [6.07, 6.45) is 11.8. The van der Waals surface area contributed by atoms with Crippen LogP contribution in [0.5, 0.6) is 11.5 Å². The van der Waals surface area contributed by atoms with Crippen molar-refractivity contribution in [2.24, 2.45) is 0 Å². The molecule has 0 aromatic heterocycles. The maximum Gasteiger partial charge on any atom is 0.338 e. The molecule has 0 heterocycles. The summed E-state index contributed by atoms with van der Waals surface area (Å²) >= 11 is 0. The second-order valence-electron chi connectivity index (χ2n) is 8.07. The van der Waals surface area contributed by atoms with Crippen molar-refractivity contribution in [3.63, 3.8) is 0 Å². The van der Waals surface area contributed by atoms with Gasteiger partial charge in [0.1, 0.15) is 17.6 Å². The van der Waals surface area contributed by atoms with Crippen molar-refractivity contribution < 1.29 is 23.8 Å². The zero-order valence-electron chi connectivity index (χ0n) is 18.8. The minimum Gasteiger partial charge on any atom is -0.494 e. The summed E-state index contributed by atoms with van der Waals surface area (Å²) < 4.78 is 16.6. The number of hydrogen-bond donors (Lipinski definition) is 0. The minimum atomic E-state index is -0.484. The van der Waals surface area contributed by atoms with Crippen LogP contribution in [0.1, 0.15) is 74.2 Å². The van der Waals surface area contributed by atoms with Crippen molar-refractivity contribution in [1.82, 2.24) is 0 Å². The van der Waals surface area contributed by atoms with E-state index in [-0.39, 0.29) is 12.1 Å². The van der Waals surface area contributed by atoms with Gasteiger partial charge in [-0.15, -0.1) is 0 Å². The van der Waals surface area contributed by atoms with E-state index in [9.17, 15) is 9.59 Å². The van der Waals surface area contributed by atoms with Gasteiger partial charge < -0.3 is 14.2 Å². The lowest BCUT2D eigenvalue weighted by Crippen LogP contribution is -2.20. The van der Waals surface area contributed by atoms with Gasteiger partial charge in [0.25, 0.3) is 0 Å². The lowest BCUT2D eigenvalue weighted by Gasteiger charge is -2.21. The summed E-state index contributed by atoms with van der Waals surface area (Å²) in [5.41, 5.74) is 1.34. The first kappa shape index (κ1) is 23.6. The number of carbonyl (C=O) groups excluding carboxylic acids is 2. The third kappa shape index (κ3) is 7.88. The zero-order chi connectivity index (χ0) is 22.6. The predicted octanol–water partition coefficient (Wildman–Crippen LogP) is 6.36. The van der Waals surface area contributed by atoms with Crippen molar-refractivity contribution in [2.45, 2.75) is 64.4 Å². The standard InChI is InChI=1S/C27H32O5/c1-2-3-7-20-30-23-15-10-21(11-16-23)12-19-26(28)31-25-17-13-22(14-18-25)27(29)32-24-8-5-4-6-9-24/h10-19,24H,2-9,20H2,1H3/b19-12+. The fourth-order valence-electron chi connectivity index (χ4n) is 3.59. The molecule has 1 aliphatic carbocycles. The topological polar surface area (TPSA) is 61.8 Å². The van der Waals surface area contributed by atoms with Crippen LogP contribution in [-0.2, 0) is 9.53 Å². The van der Waals surface area contributed by atoms with Crippen LogP contribution in [0.2, 0.25) is 0 Å². The van der Waals surface area contributed by atoms with Gasteiger partial charge in [-0.1, -0.05) is 38.3 Å². The van der Waals surface area contributed by atoms with Crippen molar-refractivity contribution >= 4 is 18.0 Å². The van der Waals surface area contributed by atoms with Crippen molar-refractivity contribution in [3.05, 3.63) is 65.7 Å². The minimum absolute atomic E-state index is 0.0144. The molecule has 32 heavy (non-hydrogen) atoms. The van der Waals surface area contributed by atoms with Crippen LogP contribution in [0.3, 0.4) is 0 Å². The third-order valence-electron chi connectivity index (χ3n) is 5.44. The Kier molecular flexibility index (Phi) is 9.36. The van der Waals surface area contributed by atoms with E-state index in [0.29, 0.717) is 17.9 Å². The van der Waals surface area contributed by atoms with Gasteiger partial charge in [-0.05, 0) is 80.1 Å².